The molecule has 2 atom stereocenters. The van der Waals surface area contributed by atoms with Crippen LogP contribution in [0.5, 0.6) is 0 Å². The molecule has 0 bridgehead atoms. The number of benzene rings is 1. The van der Waals surface area contributed by atoms with E-state index in [9.17, 15) is 0 Å². The summed E-state index contributed by atoms with van der Waals surface area (Å²) in [5, 5.41) is 0. The van der Waals surface area contributed by atoms with E-state index in [4.69, 9.17) is 0 Å². The topological polar surface area (TPSA) is 0 Å². The average Bonchev–Trinajstić information content (AvgIpc) is 2.39. The summed E-state index contributed by atoms with van der Waals surface area (Å²) in [6.45, 7) is 0. The molecule has 0 radical (unpaired) electrons. The Bertz CT molecular complexity index is 374. The Morgan fingerprint density at radius 2 is 1.69 bits per heavy atom. The molecule has 0 nitrogen and oxygen atoms in total. The number of fused-ring (bicyclic) bond motifs is 1. The van der Waals surface area contributed by atoms with Gasteiger partial charge in [0.25, 0.3) is 0 Å². The molecule has 0 aromatic heterocycles. The van der Waals surface area contributed by atoms with E-state index in [1.165, 1.54) is 38.5 Å². The molecule has 1 aromatic carbocycles. The van der Waals surface area contributed by atoms with Crippen LogP contribution in [0.2, 0.25) is 0 Å². The summed E-state index contributed by atoms with van der Waals surface area (Å²) in [5.41, 5.74) is 3.31. The fourth-order valence-electron chi connectivity index (χ4n) is 3.48. The largest absolute Gasteiger partial charge is 0.0844 e. The van der Waals surface area contributed by atoms with Crippen LogP contribution in [0.3, 0.4) is 0 Å². The van der Waals surface area contributed by atoms with E-state index in [-0.39, 0.29) is 0 Å². The van der Waals surface area contributed by atoms with Crippen molar-refractivity contribution in [1.29, 1.82) is 0 Å². The highest BCUT2D eigenvalue weighted by Gasteiger charge is 2.29. The summed E-state index contributed by atoms with van der Waals surface area (Å²) < 4.78 is 0. The van der Waals surface area contributed by atoms with Gasteiger partial charge in [0.2, 0.25) is 0 Å². The minimum Gasteiger partial charge on any atom is -0.0844 e. The number of hydrogen-bond donors (Lipinski definition) is 0. The highest BCUT2D eigenvalue weighted by atomic mass is 14.3. The van der Waals surface area contributed by atoms with Gasteiger partial charge in [-0.15, -0.1) is 0 Å². The third kappa shape index (κ3) is 1.81. The summed E-state index contributed by atoms with van der Waals surface area (Å²) in [5.74, 6) is 1.65. The van der Waals surface area contributed by atoms with E-state index < -0.39 is 0 Å². The molecule has 84 valence electrons. The molecule has 0 amide bonds. The number of hydrogen-bond acceptors (Lipinski definition) is 0. The van der Waals surface area contributed by atoms with E-state index in [0.29, 0.717) is 0 Å². The molecule has 3 rings (SSSR count). The Labute approximate surface area is 98.4 Å². The Morgan fingerprint density at radius 3 is 2.56 bits per heavy atom. The Hall–Kier alpha value is -1.04. The molecule has 1 fully saturated rings. The molecule has 0 heteroatoms. The average molecular weight is 212 g/mol. The molecule has 0 spiro atoms. The lowest BCUT2D eigenvalue weighted by Gasteiger charge is -2.35. The van der Waals surface area contributed by atoms with Gasteiger partial charge < -0.3 is 0 Å². The van der Waals surface area contributed by atoms with Crippen molar-refractivity contribution in [2.24, 2.45) is 5.92 Å². The predicted octanol–water partition coefficient (Wildman–Crippen LogP) is 4.68. The molecule has 2 aliphatic rings. The first-order chi connectivity index (χ1) is 7.95. The maximum absolute atomic E-state index is 2.55. The summed E-state index contributed by atoms with van der Waals surface area (Å²) in [7, 11) is 0. The van der Waals surface area contributed by atoms with Crippen LogP contribution in [0.15, 0.2) is 42.0 Å². The first kappa shape index (κ1) is 10.1. The van der Waals surface area contributed by atoms with Crippen LogP contribution in [-0.2, 0) is 0 Å². The van der Waals surface area contributed by atoms with Gasteiger partial charge in [0, 0.05) is 5.92 Å². The standard InChI is InChI=1S/C16H20/c1-2-7-13(8-3-1)16-12-6-10-14-9-4-5-11-15(14)16/h1-3,7-8,11,14,16H,4-6,9-10,12H2. The second-order valence-corrected chi connectivity index (χ2v) is 5.23. The van der Waals surface area contributed by atoms with Gasteiger partial charge in [-0.3, -0.25) is 0 Å². The summed E-state index contributed by atoms with van der Waals surface area (Å²) in [6.07, 6.45) is 10.9. The lowest BCUT2D eigenvalue weighted by atomic mass is 9.70. The first-order valence-corrected chi connectivity index (χ1v) is 6.70. The van der Waals surface area contributed by atoms with Crippen molar-refractivity contribution in [3.05, 3.63) is 47.5 Å². The monoisotopic (exact) mass is 212 g/mol. The number of allylic oxidation sites excluding steroid dienone is 2. The van der Waals surface area contributed by atoms with Gasteiger partial charge in [0.15, 0.2) is 0 Å². The third-order valence-electron chi connectivity index (χ3n) is 4.26. The molecular weight excluding hydrogens is 192 g/mol. The van der Waals surface area contributed by atoms with Crippen LogP contribution < -0.4 is 0 Å². The quantitative estimate of drug-likeness (QED) is 0.593. The van der Waals surface area contributed by atoms with Gasteiger partial charge >= 0.3 is 0 Å². The zero-order valence-corrected chi connectivity index (χ0v) is 9.86. The molecule has 0 heterocycles. The minimum atomic E-state index is 0.736. The molecular formula is C16H20. The van der Waals surface area contributed by atoms with Gasteiger partial charge in [-0.2, -0.15) is 0 Å². The van der Waals surface area contributed by atoms with Crippen molar-refractivity contribution in [1.82, 2.24) is 0 Å². The molecule has 1 saturated carbocycles. The smallest absolute Gasteiger partial charge is 0.00509 e. The molecule has 0 N–H and O–H groups in total. The van der Waals surface area contributed by atoms with Crippen LogP contribution in [0, 0.1) is 5.92 Å². The lowest BCUT2D eigenvalue weighted by Crippen LogP contribution is -2.20. The van der Waals surface area contributed by atoms with E-state index in [1.807, 2.05) is 0 Å². The van der Waals surface area contributed by atoms with Crippen LogP contribution in [-0.4, -0.2) is 0 Å². The third-order valence-corrected chi connectivity index (χ3v) is 4.26. The Kier molecular flexibility index (Phi) is 2.82. The molecule has 16 heavy (non-hydrogen) atoms. The van der Waals surface area contributed by atoms with Crippen molar-refractivity contribution in [3.63, 3.8) is 0 Å². The van der Waals surface area contributed by atoms with Gasteiger partial charge in [0.1, 0.15) is 0 Å². The Balaban J connectivity index is 1.92. The predicted molar refractivity (Wildman–Crippen MR) is 68.5 cm³/mol. The van der Waals surface area contributed by atoms with Crippen molar-refractivity contribution in [2.75, 3.05) is 0 Å². The van der Waals surface area contributed by atoms with Gasteiger partial charge in [-0.25, -0.2) is 0 Å². The van der Waals surface area contributed by atoms with E-state index in [1.54, 1.807) is 11.1 Å². The van der Waals surface area contributed by atoms with Gasteiger partial charge in [-0.1, -0.05) is 48.4 Å². The fraction of sp³-hybridized carbons (Fsp3) is 0.500. The molecule has 0 aliphatic heterocycles. The van der Waals surface area contributed by atoms with Crippen molar-refractivity contribution in [3.8, 4) is 0 Å². The first-order valence-electron chi connectivity index (χ1n) is 6.70. The number of rotatable bonds is 1. The lowest BCUT2D eigenvalue weighted by molar-refractivity contribution is 0.376. The summed E-state index contributed by atoms with van der Waals surface area (Å²) in [4.78, 5) is 0. The maximum atomic E-state index is 2.55. The van der Waals surface area contributed by atoms with Crippen LogP contribution in [0.4, 0.5) is 0 Å². The SMILES string of the molecule is C1=C2C(CCC1)CCCC2c1ccccc1. The van der Waals surface area contributed by atoms with Crippen molar-refractivity contribution in [2.45, 2.75) is 44.4 Å². The van der Waals surface area contributed by atoms with Crippen LogP contribution in [0.1, 0.15) is 50.0 Å². The van der Waals surface area contributed by atoms with Crippen molar-refractivity contribution >= 4 is 0 Å². The van der Waals surface area contributed by atoms with Crippen LogP contribution in [0.25, 0.3) is 0 Å². The van der Waals surface area contributed by atoms with Crippen LogP contribution >= 0.6 is 0 Å². The van der Waals surface area contributed by atoms with E-state index in [2.05, 4.69) is 36.4 Å². The Morgan fingerprint density at radius 1 is 0.875 bits per heavy atom. The maximum Gasteiger partial charge on any atom is 0.00509 e. The summed E-state index contributed by atoms with van der Waals surface area (Å²) in [6, 6.07) is 11.1. The highest BCUT2D eigenvalue weighted by molar-refractivity contribution is 5.32. The van der Waals surface area contributed by atoms with Crippen molar-refractivity contribution < 1.29 is 0 Å². The van der Waals surface area contributed by atoms with E-state index in [0.717, 1.165) is 11.8 Å². The molecule has 0 saturated heterocycles. The highest BCUT2D eigenvalue weighted by Crippen LogP contribution is 2.44. The molecule has 2 unspecified atom stereocenters. The summed E-state index contributed by atoms with van der Waals surface area (Å²) >= 11 is 0. The zero-order valence-electron chi connectivity index (χ0n) is 9.86. The molecule has 2 aliphatic carbocycles. The van der Waals surface area contributed by atoms with Gasteiger partial charge in [0.05, 0.1) is 0 Å². The van der Waals surface area contributed by atoms with E-state index >= 15 is 0 Å². The minimum absolute atomic E-state index is 0.736. The second kappa shape index (κ2) is 4.45. The molecule has 1 aromatic rings. The van der Waals surface area contributed by atoms with Gasteiger partial charge in [-0.05, 0) is 43.6 Å². The fourth-order valence-corrected chi connectivity index (χ4v) is 3.48. The second-order valence-electron chi connectivity index (χ2n) is 5.23. The normalized spacial score (nSPS) is 29.4. The zero-order chi connectivity index (χ0) is 10.8.